The molecule has 0 aromatic rings. The Morgan fingerprint density at radius 3 is 2.40 bits per heavy atom. The Bertz CT molecular complexity index is 229. The number of carbonyl (C=O) groups excluding carboxylic acids is 1. The Balaban J connectivity index is 2.75. The van der Waals surface area contributed by atoms with Crippen molar-refractivity contribution in [3.05, 3.63) is 0 Å². The topological polar surface area (TPSA) is 116 Å². The zero-order valence-electron chi connectivity index (χ0n) is 8.11. The number of esters is 1. The Kier molecular flexibility index (Phi) is 4.00. The fourth-order valence-electron chi connectivity index (χ4n) is 1.40. The number of rotatable bonds is 2. The third-order valence-corrected chi connectivity index (χ3v) is 2.14. The van der Waals surface area contributed by atoms with E-state index >= 15 is 0 Å². The minimum atomic E-state index is -1.61. The van der Waals surface area contributed by atoms with Crippen molar-refractivity contribution in [3.63, 3.8) is 0 Å². The average molecular weight is 222 g/mol. The molecule has 7 heteroatoms. The van der Waals surface area contributed by atoms with Crippen molar-refractivity contribution in [1.82, 2.24) is 0 Å². The molecule has 4 N–H and O–H groups in total. The molecule has 0 saturated carbocycles. The van der Waals surface area contributed by atoms with Crippen LogP contribution in [0.3, 0.4) is 0 Å². The lowest BCUT2D eigenvalue weighted by Crippen LogP contribution is -2.59. The Morgan fingerprint density at radius 2 is 1.93 bits per heavy atom. The van der Waals surface area contributed by atoms with E-state index in [4.69, 9.17) is 14.9 Å². The van der Waals surface area contributed by atoms with Gasteiger partial charge in [-0.15, -0.1) is 0 Å². The summed E-state index contributed by atoms with van der Waals surface area (Å²) in [5.74, 6) is -0.676. The number of aliphatic hydroxyl groups excluding tert-OH is 4. The molecule has 1 fully saturated rings. The van der Waals surface area contributed by atoms with E-state index in [9.17, 15) is 15.0 Å². The van der Waals surface area contributed by atoms with Crippen LogP contribution in [0, 0.1) is 0 Å². The van der Waals surface area contributed by atoms with Crippen molar-refractivity contribution in [3.8, 4) is 0 Å². The highest BCUT2D eigenvalue weighted by molar-refractivity contribution is 5.66. The second kappa shape index (κ2) is 4.86. The first-order valence-electron chi connectivity index (χ1n) is 4.45. The number of carbonyl (C=O) groups is 1. The van der Waals surface area contributed by atoms with Crippen molar-refractivity contribution in [2.24, 2.45) is 0 Å². The van der Waals surface area contributed by atoms with Crippen molar-refractivity contribution in [1.29, 1.82) is 0 Å². The highest BCUT2D eigenvalue weighted by Crippen LogP contribution is 2.22. The van der Waals surface area contributed by atoms with Crippen LogP contribution in [0.5, 0.6) is 0 Å². The smallest absolute Gasteiger partial charge is 0.303 e. The van der Waals surface area contributed by atoms with Crippen molar-refractivity contribution in [2.75, 3.05) is 6.61 Å². The summed E-state index contributed by atoms with van der Waals surface area (Å²) in [5.41, 5.74) is 0. The van der Waals surface area contributed by atoms with Gasteiger partial charge in [0.25, 0.3) is 0 Å². The summed E-state index contributed by atoms with van der Waals surface area (Å²) in [6.45, 7) is 0.581. The van der Waals surface area contributed by atoms with Crippen LogP contribution in [0.1, 0.15) is 6.92 Å². The van der Waals surface area contributed by atoms with Gasteiger partial charge in [-0.2, -0.15) is 0 Å². The summed E-state index contributed by atoms with van der Waals surface area (Å²) in [5, 5.41) is 36.7. The second-order valence-electron chi connectivity index (χ2n) is 3.30. The highest BCUT2D eigenvalue weighted by atomic mass is 16.7. The molecule has 88 valence electrons. The summed E-state index contributed by atoms with van der Waals surface area (Å²) in [6.07, 6.45) is -6.91. The summed E-state index contributed by atoms with van der Waals surface area (Å²) in [7, 11) is 0. The lowest BCUT2D eigenvalue weighted by atomic mass is 9.99. The summed E-state index contributed by atoms with van der Waals surface area (Å²) in [6, 6.07) is 0. The summed E-state index contributed by atoms with van der Waals surface area (Å²) < 4.78 is 9.43. The van der Waals surface area contributed by atoms with Crippen LogP contribution in [-0.2, 0) is 14.3 Å². The van der Waals surface area contributed by atoms with Crippen LogP contribution < -0.4 is 0 Å². The highest BCUT2D eigenvalue weighted by Gasteiger charge is 2.45. The van der Waals surface area contributed by atoms with Crippen LogP contribution in [0.25, 0.3) is 0 Å². The molecule has 1 aliphatic rings. The maximum atomic E-state index is 10.7. The summed E-state index contributed by atoms with van der Waals surface area (Å²) in [4.78, 5) is 10.7. The molecule has 0 bridgehead atoms. The molecule has 0 aromatic carbocycles. The zero-order valence-corrected chi connectivity index (χ0v) is 8.11. The van der Waals surface area contributed by atoms with E-state index < -0.39 is 43.3 Å². The third-order valence-electron chi connectivity index (χ3n) is 2.14. The molecule has 0 aromatic heterocycles. The molecule has 1 saturated heterocycles. The van der Waals surface area contributed by atoms with E-state index in [1.54, 1.807) is 0 Å². The predicted octanol–water partition coefficient (Wildman–Crippen LogP) is -2.65. The first kappa shape index (κ1) is 12.3. The monoisotopic (exact) mass is 222 g/mol. The van der Waals surface area contributed by atoms with Crippen LogP contribution >= 0.6 is 0 Å². The Hall–Kier alpha value is -0.730. The first-order chi connectivity index (χ1) is 6.97. The number of aliphatic hydroxyl groups is 4. The molecule has 1 aliphatic heterocycles. The van der Waals surface area contributed by atoms with E-state index in [1.165, 1.54) is 0 Å². The Labute approximate surface area is 85.9 Å². The molecule has 0 radical (unpaired) electrons. The number of hydrogen-bond donors (Lipinski definition) is 4. The van der Waals surface area contributed by atoms with Gasteiger partial charge in [0.05, 0.1) is 6.61 Å². The van der Waals surface area contributed by atoms with E-state index in [2.05, 4.69) is 4.74 Å². The zero-order chi connectivity index (χ0) is 11.6. The number of hydrogen-bond acceptors (Lipinski definition) is 7. The van der Waals surface area contributed by atoms with E-state index in [0.29, 0.717) is 0 Å². The molecule has 1 heterocycles. The molecule has 5 atom stereocenters. The molecular formula is C8H14O7. The van der Waals surface area contributed by atoms with Crippen LogP contribution in [0.2, 0.25) is 0 Å². The lowest BCUT2D eigenvalue weighted by Gasteiger charge is -2.39. The van der Waals surface area contributed by atoms with Gasteiger partial charge in [0.1, 0.15) is 18.3 Å². The molecular weight excluding hydrogens is 208 g/mol. The predicted molar refractivity (Wildman–Crippen MR) is 45.5 cm³/mol. The van der Waals surface area contributed by atoms with Gasteiger partial charge >= 0.3 is 5.97 Å². The van der Waals surface area contributed by atoms with Gasteiger partial charge in [-0.3, -0.25) is 4.79 Å². The maximum Gasteiger partial charge on any atom is 0.303 e. The largest absolute Gasteiger partial charge is 0.457 e. The van der Waals surface area contributed by atoms with Crippen LogP contribution in [-0.4, -0.2) is 63.7 Å². The van der Waals surface area contributed by atoms with Gasteiger partial charge in [-0.1, -0.05) is 0 Å². The molecule has 0 spiro atoms. The quantitative estimate of drug-likeness (QED) is 0.377. The third kappa shape index (κ3) is 2.64. The molecule has 0 amide bonds. The van der Waals surface area contributed by atoms with Gasteiger partial charge in [0, 0.05) is 6.92 Å². The lowest BCUT2D eigenvalue weighted by molar-refractivity contribution is -0.289. The van der Waals surface area contributed by atoms with Crippen molar-refractivity contribution >= 4 is 5.97 Å². The standard InChI is InChI=1S/C8H14O7/c1-3(10)14-7-4(2-9)15-8(13)6(12)5(7)11/h4-9,11-13H,2H2,1H3/t4-,5-,6+,7-,8-/m1/s1. The normalized spacial score (nSPS) is 41.3. The second-order valence-corrected chi connectivity index (χ2v) is 3.30. The van der Waals surface area contributed by atoms with Gasteiger partial charge in [0.2, 0.25) is 0 Å². The average Bonchev–Trinajstić information content (AvgIpc) is 2.18. The van der Waals surface area contributed by atoms with Gasteiger partial charge in [0.15, 0.2) is 12.4 Å². The minimum Gasteiger partial charge on any atom is -0.457 e. The Morgan fingerprint density at radius 1 is 1.33 bits per heavy atom. The van der Waals surface area contributed by atoms with Gasteiger partial charge < -0.3 is 29.9 Å². The van der Waals surface area contributed by atoms with E-state index in [0.717, 1.165) is 6.92 Å². The van der Waals surface area contributed by atoms with E-state index in [1.807, 2.05) is 0 Å². The molecule has 15 heavy (non-hydrogen) atoms. The molecule has 1 rings (SSSR count). The summed E-state index contributed by atoms with van der Waals surface area (Å²) >= 11 is 0. The van der Waals surface area contributed by atoms with Gasteiger partial charge in [-0.05, 0) is 0 Å². The number of ether oxygens (including phenoxy) is 2. The van der Waals surface area contributed by atoms with Crippen LogP contribution in [0.4, 0.5) is 0 Å². The van der Waals surface area contributed by atoms with Crippen molar-refractivity contribution < 1.29 is 34.7 Å². The fraction of sp³-hybridized carbons (Fsp3) is 0.875. The van der Waals surface area contributed by atoms with Gasteiger partial charge in [-0.25, -0.2) is 0 Å². The SMILES string of the molecule is CC(=O)O[C@H]1[C@H](O)[C@H](O)[C@H](O)O[C@@H]1CO. The van der Waals surface area contributed by atoms with Crippen LogP contribution in [0.15, 0.2) is 0 Å². The molecule has 7 nitrogen and oxygen atoms in total. The minimum absolute atomic E-state index is 0.543. The van der Waals surface area contributed by atoms with Crippen molar-refractivity contribution in [2.45, 2.75) is 37.6 Å². The molecule has 0 unspecified atom stereocenters. The fourth-order valence-corrected chi connectivity index (χ4v) is 1.40. The first-order valence-corrected chi connectivity index (χ1v) is 4.45. The van der Waals surface area contributed by atoms with E-state index in [-0.39, 0.29) is 0 Å². The maximum absolute atomic E-state index is 10.7. The molecule has 0 aliphatic carbocycles.